The van der Waals surface area contributed by atoms with Gasteiger partial charge in [0.25, 0.3) is 0 Å². The average molecular weight is 431 g/mol. The molecule has 1 amide bonds. The molecule has 32 heavy (non-hydrogen) atoms. The number of aryl methyl sites for hydroxylation is 1. The van der Waals surface area contributed by atoms with Gasteiger partial charge in [-0.05, 0) is 54.8 Å². The Morgan fingerprint density at radius 2 is 2.09 bits per heavy atom. The molecule has 8 heteroatoms. The van der Waals surface area contributed by atoms with Crippen molar-refractivity contribution in [1.29, 1.82) is 0 Å². The number of fused-ring (bicyclic) bond motifs is 1. The average Bonchev–Trinajstić information content (AvgIpc) is 3.47. The van der Waals surface area contributed by atoms with Gasteiger partial charge in [0, 0.05) is 54.8 Å². The first-order valence-electron chi connectivity index (χ1n) is 10.7. The van der Waals surface area contributed by atoms with Crippen molar-refractivity contribution in [2.75, 3.05) is 13.1 Å². The molecule has 1 aromatic carbocycles. The van der Waals surface area contributed by atoms with Crippen LogP contribution >= 0.6 is 0 Å². The van der Waals surface area contributed by atoms with Gasteiger partial charge in [0.15, 0.2) is 0 Å². The van der Waals surface area contributed by atoms with Crippen LogP contribution in [-0.2, 0) is 11.2 Å². The number of hydrogen-bond acceptors (Lipinski definition) is 5. The second-order valence-corrected chi connectivity index (χ2v) is 7.79. The Kier molecular flexibility index (Phi) is 5.49. The molecule has 1 N–H and O–H groups in total. The first kappa shape index (κ1) is 20.1. The van der Waals surface area contributed by atoms with E-state index < -0.39 is 0 Å². The molecule has 3 aromatic heterocycles. The lowest BCUT2D eigenvalue weighted by atomic mass is 9.99. The van der Waals surface area contributed by atoms with Gasteiger partial charge < -0.3 is 14.4 Å². The van der Waals surface area contributed by atoms with Crippen LogP contribution in [0.3, 0.4) is 0 Å². The molecule has 5 rings (SSSR count). The van der Waals surface area contributed by atoms with Gasteiger partial charge in [-0.15, -0.1) is 0 Å². The van der Waals surface area contributed by atoms with Crippen LogP contribution in [0.15, 0.2) is 59.4 Å². The fourth-order valence-electron chi connectivity index (χ4n) is 3.98. The zero-order chi connectivity index (χ0) is 21.9. The number of aromatic nitrogens is 4. The number of hydrogen-bond donors (Lipinski definition) is 1. The fourth-order valence-corrected chi connectivity index (χ4v) is 3.98. The Morgan fingerprint density at radius 1 is 1.22 bits per heavy atom. The Bertz CT molecular complexity index is 1280. The molecule has 4 heterocycles. The predicted molar refractivity (Wildman–Crippen MR) is 118 cm³/mol. The maximum Gasteiger partial charge on any atom is 0.226 e. The van der Waals surface area contributed by atoms with Gasteiger partial charge in [-0.25, -0.2) is 9.37 Å². The third-order valence-electron chi connectivity index (χ3n) is 5.71. The summed E-state index contributed by atoms with van der Waals surface area (Å²) in [5.41, 5.74) is 3.98. The van der Waals surface area contributed by atoms with E-state index in [1.165, 1.54) is 17.7 Å². The van der Waals surface area contributed by atoms with Crippen molar-refractivity contribution in [2.24, 2.45) is 0 Å². The second kappa shape index (κ2) is 8.74. The van der Waals surface area contributed by atoms with E-state index in [1.807, 2.05) is 17.2 Å². The Balaban J connectivity index is 1.14. The molecule has 0 bridgehead atoms. The van der Waals surface area contributed by atoms with Crippen LogP contribution in [0.4, 0.5) is 4.39 Å². The summed E-state index contributed by atoms with van der Waals surface area (Å²) in [6.45, 7) is 1.31. The van der Waals surface area contributed by atoms with E-state index in [9.17, 15) is 9.18 Å². The molecule has 1 aliphatic heterocycles. The van der Waals surface area contributed by atoms with Crippen molar-refractivity contribution in [1.82, 2.24) is 25.0 Å². The maximum absolute atomic E-state index is 13.1. The lowest BCUT2D eigenvalue weighted by Gasteiger charge is -2.26. The minimum absolute atomic E-state index is 0.124. The summed E-state index contributed by atoms with van der Waals surface area (Å²) in [5, 5.41) is 5.05. The molecule has 1 aliphatic rings. The third-order valence-corrected chi connectivity index (χ3v) is 5.71. The highest BCUT2D eigenvalue weighted by Crippen LogP contribution is 2.28. The Labute approximate surface area is 184 Å². The molecule has 4 aromatic rings. The van der Waals surface area contributed by atoms with Crippen molar-refractivity contribution < 1.29 is 13.7 Å². The third kappa shape index (κ3) is 4.16. The smallest absolute Gasteiger partial charge is 0.226 e. The number of rotatable bonds is 6. The lowest BCUT2D eigenvalue weighted by Crippen LogP contribution is -2.34. The summed E-state index contributed by atoms with van der Waals surface area (Å²) in [4.78, 5) is 26.4. The van der Waals surface area contributed by atoms with Gasteiger partial charge in [0.1, 0.15) is 11.5 Å². The molecule has 0 saturated carbocycles. The largest absolute Gasteiger partial charge is 0.346 e. The van der Waals surface area contributed by atoms with Gasteiger partial charge in [-0.3, -0.25) is 4.79 Å². The van der Waals surface area contributed by atoms with Crippen molar-refractivity contribution in [3.05, 3.63) is 72.1 Å². The second-order valence-electron chi connectivity index (χ2n) is 7.79. The van der Waals surface area contributed by atoms with Crippen molar-refractivity contribution in [3.8, 4) is 11.4 Å². The molecule has 0 aliphatic carbocycles. The van der Waals surface area contributed by atoms with Crippen LogP contribution in [-0.4, -0.2) is 44.0 Å². The van der Waals surface area contributed by atoms with E-state index in [0.717, 1.165) is 23.0 Å². The van der Waals surface area contributed by atoms with Gasteiger partial charge >= 0.3 is 0 Å². The Morgan fingerprint density at radius 3 is 2.91 bits per heavy atom. The summed E-state index contributed by atoms with van der Waals surface area (Å²) in [5.74, 6) is 0.715. The van der Waals surface area contributed by atoms with Crippen LogP contribution in [0, 0.1) is 5.82 Å². The number of carbonyl (C=O) groups is 1. The first-order valence-corrected chi connectivity index (χ1v) is 10.7. The van der Waals surface area contributed by atoms with Gasteiger partial charge in [-0.1, -0.05) is 11.2 Å². The molecular formula is C24H22FN5O2. The normalized spacial score (nSPS) is 14.0. The van der Waals surface area contributed by atoms with Gasteiger partial charge in [-0.2, -0.15) is 4.98 Å². The van der Waals surface area contributed by atoms with Gasteiger partial charge in [0.2, 0.25) is 17.6 Å². The Hall–Kier alpha value is -3.81. The summed E-state index contributed by atoms with van der Waals surface area (Å²) in [7, 11) is 0. The molecule has 0 fully saturated rings. The maximum atomic E-state index is 13.1. The summed E-state index contributed by atoms with van der Waals surface area (Å²) in [6, 6.07) is 9.93. The highest BCUT2D eigenvalue weighted by Gasteiger charge is 2.19. The van der Waals surface area contributed by atoms with Gasteiger partial charge in [0.05, 0.1) is 0 Å². The van der Waals surface area contributed by atoms with E-state index in [-0.39, 0.29) is 11.7 Å². The zero-order valence-electron chi connectivity index (χ0n) is 17.4. The van der Waals surface area contributed by atoms with E-state index in [0.29, 0.717) is 49.6 Å². The van der Waals surface area contributed by atoms with Crippen LogP contribution in [0.25, 0.3) is 28.0 Å². The van der Waals surface area contributed by atoms with E-state index in [4.69, 9.17) is 4.52 Å². The standard InChI is InChI=1S/C24H22FN5O2/c25-18-8-6-17(7-9-18)23-28-21(32-29-23)4-1-5-22(31)30-13-10-16(11-14-30)20-15-27-24-19(20)3-2-12-26-24/h2-3,6-10,12,15H,1,4-5,11,13-14H2,(H,26,27). The molecule has 162 valence electrons. The lowest BCUT2D eigenvalue weighted by molar-refractivity contribution is -0.130. The highest BCUT2D eigenvalue weighted by molar-refractivity contribution is 5.91. The number of benzene rings is 1. The number of amides is 1. The first-order chi connectivity index (χ1) is 15.7. The number of carbonyl (C=O) groups excluding carboxylic acids is 1. The van der Waals surface area contributed by atoms with Crippen LogP contribution in [0.2, 0.25) is 0 Å². The van der Waals surface area contributed by atoms with Crippen LogP contribution in [0.1, 0.15) is 30.7 Å². The number of pyridine rings is 1. The number of nitrogens with zero attached hydrogens (tertiary/aromatic N) is 4. The molecule has 0 saturated heterocycles. The SMILES string of the molecule is O=C(CCCc1nc(-c2ccc(F)cc2)no1)N1CC=C(c2c[nH]c3ncccc23)CC1. The summed E-state index contributed by atoms with van der Waals surface area (Å²) >= 11 is 0. The van der Waals surface area contributed by atoms with Crippen molar-refractivity contribution in [3.63, 3.8) is 0 Å². The van der Waals surface area contributed by atoms with Crippen molar-refractivity contribution >= 4 is 22.5 Å². The molecule has 0 spiro atoms. The quantitative estimate of drug-likeness (QED) is 0.489. The summed E-state index contributed by atoms with van der Waals surface area (Å²) < 4.78 is 18.3. The molecule has 0 atom stereocenters. The molecular weight excluding hydrogens is 409 g/mol. The number of aromatic amines is 1. The monoisotopic (exact) mass is 431 g/mol. The fraction of sp³-hybridized carbons (Fsp3) is 0.250. The number of nitrogens with one attached hydrogen (secondary N) is 1. The van der Waals surface area contributed by atoms with E-state index in [1.54, 1.807) is 18.3 Å². The molecule has 0 radical (unpaired) electrons. The molecule has 0 unspecified atom stereocenters. The molecule has 7 nitrogen and oxygen atoms in total. The van der Waals surface area contributed by atoms with Crippen LogP contribution in [0.5, 0.6) is 0 Å². The van der Waals surface area contributed by atoms with Crippen molar-refractivity contribution in [2.45, 2.75) is 25.7 Å². The predicted octanol–water partition coefficient (Wildman–Crippen LogP) is 4.39. The van der Waals surface area contributed by atoms with E-state index >= 15 is 0 Å². The van der Waals surface area contributed by atoms with E-state index in [2.05, 4.69) is 32.3 Å². The van der Waals surface area contributed by atoms with Crippen LogP contribution < -0.4 is 0 Å². The number of H-pyrrole nitrogens is 1. The zero-order valence-corrected chi connectivity index (χ0v) is 17.4. The highest BCUT2D eigenvalue weighted by atomic mass is 19.1. The minimum atomic E-state index is -0.311. The minimum Gasteiger partial charge on any atom is -0.346 e. The topological polar surface area (TPSA) is 87.9 Å². The number of halogens is 1. The summed E-state index contributed by atoms with van der Waals surface area (Å²) in [6.07, 6.45) is 8.29.